The molecule has 0 saturated heterocycles. The summed E-state index contributed by atoms with van der Waals surface area (Å²) in [4.78, 5) is 4.22. The van der Waals surface area contributed by atoms with Crippen molar-refractivity contribution in [1.82, 2.24) is 20.4 Å². The number of hydrogen-bond acceptors (Lipinski definition) is 4. The molecule has 2 aromatic heterocycles. The summed E-state index contributed by atoms with van der Waals surface area (Å²) in [6.07, 6.45) is 6.19. The first-order valence-corrected chi connectivity index (χ1v) is 5.20. The summed E-state index contributed by atoms with van der Waals surface area (Å²) >= 11 is 0. The maximum Gasteiger partial charge on any atom is 0.201 e. The number of nitrogens with one attached hydrogen (secondary N) is 1. The molecule has 2 heterocycles. The molecule has 0 aromatic carbocycles. The topological polar surface area (TPSA) is 80.5 Å². The van der Waals surface area contributed by atoms with Gasteiger partial charge in [0.2, 0.25) is 5.65 Å². The molecule has 1 fully saturated rings. The molecule has 2 aromatic rings. The Bertz CT molecular complexity index is 485. The molecule has 0 atom stereocenters. The summed E-state index contributed by atoms with van der Waals surface area (Å²) in [5, 5.41) is 10.5. The van der Waals surface area contributed by atoms with Crippen molar-refractivity contribution >= 4 is 11.2 Å². The molecule has 0 unspecified atom stereocenters. The SMILES string of the molecule is NC1(CCc2cnc3n[nH]nc3c2)CC1. The number of nitrogens with two attached hydrogens (primary N) is 1. The molecule has 1 saturated carbocycles. The molecule has 0 aliphatic heterocycles. The van der Waals surface area contributed by atoms with Crippen LogP contribution in [0.15, 0.2) is 12.3 Å². The Labute approximate surface area is 87.1 Å². The van der Waals surface area contributed by atoms with Crippen LogP contribution in [0.2, 0.25) is 0 Å². The van der Waals surface area contributed by atoms with Crippen LogP contribution in [0.4, 0.5) is 0 Å². The van der Waals surface area contributed by atoms with Crippen molar-refractivity contribution in [3.8, 4) is 0 Å². The van der Waals surface area contributed by atoms with E-state index in [4.69, 9.17) is 5.73 Å². The second-order valence-corrected chi connectivity index (χ2v) is 4.37. The summed E-state index contributed by atoms with van der Waals surface area (Å²) in [6.45, 7) is 0. The first kappa shape index (κ1) is 8.79. The van der Waals surface area contributed by atoms with E-state index in [-0.39, 0.29) is 5.54 Å². The highest BCUT2D eigenvalue weighted by molar-refractivity contribution is 5.68. The first-order valence-electron chi connectivity index (χ1n) is 5.20. The fourth-order valence-electron chi connectivity index (χ4n) is 1.72. The number of H-pyrrole nitrogens is 1. The van der Waals surface area contributed by atoms with E-state index in [9.17, 15) is 0 Å². The van der Waals surface area contributed by atoms with Crippen molar-refractivity contribution in [1.29, 1.82) is 0 Å². The van der Waals surface area contributed by atoms with Crippen molar-refractivity contribution in [3.05, 3.63) is 17.8 Å². The highest BCUT2D eigenvalue weighted by atomic mass is 15.3. The molecule has 0 bridgehead atoms. The molecule has 0 amide bonds. The molecule has 3 N–H and O–H groups in total. The number of nitrogens with zero attached hydrogens (tertiary/aromatic N) is 3. The quantitative estimate of drug-likeness (QED) is 0.772. The van der Waals surface area contributed by atoms with Crippen LogP contribution in [-0.4, -0.2) is 25.9 Å². The largest absolute Gasteiger partial charge is 0.325 e. The molecule has 3 rings (SSSR count). The molecule has 1 aliphatic rings. The maximum absolute atomic E-state index is 6.03. The zero-order valence-corrected chi connectivity index (χ0v) is 8.40. The van der Waals surface area contributed by atoms with E-state index in [1.807, 2.05) is 12.3 Å². The highest BCUT2D eigenvalue weighted by Crippen LogP contribution is 2.36. The fraction of sp³-hybridized carbons (Fsp3) is 0.500. The predicted molar refractivity (Wildman–Crippen MR) is 56.2 cm³/mol. The predicted octanol–water partition coefficient (Wildman–Crippen LogP) is 0.777. The Hall–Kier alpha value is -1.49. The number of aromatic nitrogens is 4. The van der Waals surface area contributed by atoms with Crippen LogP contribution in [0.5, 0.6) is 0 Å². The molecule has 0 radical (unpaired) electrons. The van der Waals surface area contributed by atoms with Gasteiger partial charge >= 0.3 is 0 Å². The van der Waals surface area contributed by atoms with Gasteiger partial charge in [-0.25, -0.2) is 4.98 Å². The van der Waals surface area contributed by atoms with E-state index in [0.29, 0.717) is 5.65 Å². The lowest BCUT2D eigenvalue weighted by atomic mass is 10.1. The third-order valence-corrected chi connectivity index (χ3v) is 3.03. The number of pyridine rings is 1. The van der Waals surface area contributed by atoms with E-state index >= 15 is 0 Å². The summed E-state index contributed by atoms with van der Waals surface area (Å²) < 4.78 is 0. The summed E-state index contributed by atoms with van der Waals surface area (Å²) in [6, 6.07) is 2.03. The molecule has 78 valence electrons. The lowest BCUT2D eigenvalue weighted by Crippen LogP contribution is -2.22. The van der Waals surface area contributed by atoms with E-state index in [1.165, 1.54) is 5.56 Å². The van der Waals surface area contributed by atoms with Gasteiger partial charge in [-0.1, -0.05) is 0 Å². The lowest BCUT2D eigenvalue weighted by Gasteiger charge is -2.07. The van der Waals surface area contributed by atoms with Crippen molar-refractivity contribution < 1.29 is 0 Å². The fourth-order valence-corrected chi connectivity index (χ4v) is 1.72. The Kier molecular flexibility index (Phi) is 1.76. The van der Waals surface area contributed by atoms with Crippen LogP contribution < -0.4 is 5.73 Å². The third kappa shape index (κ3) is 1.70. The van der Waals surface area contributed by atoms with Crippen molar-refractivity contribution in [3.63, 3.8) is 0 Å². The summed E-state index contributed by atoms with van der Waals surface area (Å²) in [5.74, 6) is 0. The monoisotopic (exact) mass is 203 g/mol. The minimum Gasteiger partial charge on any atom is -0.325 e. The number of hydrogen-bond donors (Lipinski definition) is 2. The Morgan fingerprint density at radius 1 is 1.40 bits per heavy atom. The number of rotatable bonds is 3. The standard InChI is InChI=1S/C10H13N5/c11-10(3-4-10)2-1-7-5-8-9(12-6-7)14-15-13-8/h5-6H,1-4,11H2,(H,12,13,14,15). The summed E-state index contributed by atoms with van der Waals surface area (Å²) in [5.41, 5.74) is 8.83. The second kappa shape index (κ2) is 3.00. The molecular weight excluding hydrogens is 190 g/mol. The van der Waals surface area contributed by atoms with Gasteiger partial charge < -0.3 is 5.73 Å². The average Bonchev–Trinajstić information content (AvgIpc) is 2.80. The molecule has 5 nitrogen and oxygen atoms in total. The zero-order valence-electron chi connectivity index (χ0n) is 8.40. The molecular formula is C10H13N5. The van der Waals surface area contributed by atoms with E-state index in [1.54, 1.807) is 0 Å². The highest BCUT2D eigenvalue weighted by Gasteiger charge is 2.37. The van der Waals surface area contributed by atoms with Gasteiger partial charge in [0.25, 0.3) is 0 Å². The second-order valence-electron chi connectivity index (χ2n) is 4.37. The molecule has 5 heteroatoms. The van der Waals surface area contributed by atoms with Gasteiger partial charge in [-0.05, 0) is 37.3 Å². The smallest absolute Gasteiger partial charge is 0.201 e. The van der Waals surface area contributed by atoms with E-state index in [0.717, 1.165) is 31.2 Å². The molecule has 15 heavy (non-hydrogen) atoms. The Morgan fingerprint density at radius 2 is 2.27 bits per heavy atom. The van der Waals surface area contributed by atoms with Gasteiger partial charge in [-0.2, -0.15) is 10.3 Å². The third-order valence-electron chi connectivity index (χ3n) is 3.03. The lowest BCUT2D eigenvalue weighted by molar-refractivity contribution is 0.609. The zero-order chi connectivity index (χ0) is 10.3. The van der Waals surface area contributed by atoms with Gasteiger partial charge in [0.05, 0.1) is 0 Å². The van der Waals surface area contributed by atoms with Gasteiger partial charge in [0.15, 0.2) is 0 Å². The minimum absolute atomic E-state index is 0.110. The van der Waals surface area contributed by atoms with Crippen LogP contribution in [-0.2, 0) is 6.42 Å². The van der Waals surface area contributed by atoms with E-state index < -0.39 is 0 Å². The number of aryl methyl sites for hydroxylation is 1. The van der Waals surface area contributed by atoms with Gasteiger partial charge in [-0.3, -0.25) is 0 Å². The average molecular weight is 203 g/mol. The first-order chi connectivity index (χ1) is 7.25. The summed E-state index contributed by atoms with van der Waals surface area (Å²) in [7, 11) is 0. The van der Waals surface area contributed by atoms with E-state index in [2.05, 4.69) is 20.4 Å². The van der Waals surface area contributed by atoms with Crippen molar-refractivity contribution in [2.24, 2.45) is 5.73 Å². The minimum atomic E-state index is 0.110. The Balaban J connectivity index is 1.78. The van der Waals surface area contributed by atoms with Crippen LogP contribution in [0.3, 0.4) is 0 Å². The molecule has 1 aliphatic carbocycles. The van der Waals surface area contributed by atoms with Crippen LogP contribution in [0, 0.1) is 0 Å². The van der Waals surface area contributed by atoms with Crippen LogP contribution in [0.1, 0.15) is 24.8 Å². The molecule has 0 spiro atoms. The van der Waals surface area contributed by atoms with Crippen LogP contribution >= 0.6 is 0 Å². The normalized spacial score (nSPS) is 18.2. The van der Waals surface area contributed by atoms with Crippen molar-refractivity contribution in [2.45, 2.75) is 31.2 Å². The maximum atomic E-state index is 6.03. The van der Waals surface area contributed by atoms with Crippen molar-refractivity contribution in [2.75, 3.05) is 0 Å². The Morgan fingerprint density at radius 3 is 3.07 bits per heavy atom. The van der Waals surface area contributed by atoms with Gasteiger partial charge in [-0.15, -0.1) is 5.10 Å². The number of fused-ring (bicyclic) bond motifs is 1. The number of aromatic amines is 1. The van der Waals surface area contributed by atoms with Gasteiger partial charge in [0.1, 0.15) is 5.52 Å². The van der Waals surface area contributed by atoms with Gasteiger partial charge in [0, 0.05) is 11.7 Å². The van der Waals surface area contributed by atoms with Crippen LogP contribution in [0.25, 0.3) is 11.2 Å².